The van der Waals surface area contributed by atoms with Crippen molar-refractivity contribution in [3.8, 4) is 5.69 Å². The van der Waals surface area contributed by atoms with Crippen LogP contribution in [0.25, 0.3) is 5.69 Å². The molecule has 3 aromatic rings. The van der Waals surface area contributed by atoms with Crippen LogP contribution < -0.4 is 5.32 Å². The molecule has 0 aliphatic rings. The summed E-state index contributed by atoms with van der Waals surface area (Å²) in [5.41, 5.74) is 3.46. The summed E-state index contributed by atoms with van der Waals surface area (Å²) in [6.45, 7) is 6.08. The molecule has 1 N–H and O–H groups in total. The molecule has 7 heteroatoms. The van der Waals surface area contributed by atoms with Gasteiger partial charge in [0.05, 0.1) is 22.9 Å². The lowest BCUT2D eigenvalue weighted by Crippen LogP contribution is -2.18. The molecule has 0 atom stereocenters. The normalized spacial score (nSPS) is 10.8. The van der Waals surface area contributed by atoms with Gasteiger partial charge in [0.2, 0.25) is 5.91 Å². The molecule has 2 heterocycles. The number of hydrogen-bond donors (Lipinski definition) is 1. The lowest BCUT2D eigenvalue weighted by atomic mass is 10.1. The molecular weight excluding hydrogens is 378 g/mol. The average Bonchev–Trinajstić information content (AvgIpc) is 3.27. The Kier molecular flexibility index (Phi) is 6.13. The molecule has 3 rings (SSSR count). The van der Waals surface area contributed by atoms with E-state index in [1.165, 1.54) is 41.1 Å². The summed E-state index contributed by atoms with van der Waals surface area (Å²) in [5, 5.41) is 3.54. The Morgan fingerprint density at radius 3 is 2.78 bits per heavy atom. The molecule has 0 aliphatic heterocycles. The first-order valence-corrected chi connectivity index (χ1v) is 10.3. The molecule has 0 radical (unpaired) electrons. The second-order valence-electron chi connectivity index (χ2n) is 6.26. The maximum absolute atomic E-state index is 12.5. The zero-order chi connectivity index (χ0) is 19.4. The van der Waals surface area contributed by atoms with Crippen LogP contribution >= 0.6 is 23.1 Å². The molecule has 0 aliphatic carbocycles. The molecule has 140 valence electrons. The predicted molar refractivity (Wildman–Crippen MR) is 110 cm³/mol. The van der Waals surface area contributed by atoms with Crippen molar-refractivity contribution in [3.63, 3.8) is 0 Å². The van der Waals surface area contributed by atoms with Crippen molar-refractivity contribution >= 4 is 34.8 Å². The van der Waals surface area contributed by atoms with Crippen LogP contribution in [-0.2, 0) is 11.3 Å². The number of ketones is 1. The minimum Gasteiger partial charge on any atom is -0.351 e. The number of aryl methyl sites for hydroxylation is 2. The number of imidazole rings is 1. The van der Waals surface area contributed by atoms with Gasteiger partial charge in [0.15, 0.2) is 10.9 Å². The van der Waals surface area contributed by atoms with Gasteiger partial charge in [-0.3, -0.25) is 14.2 Å². The van der Waals surface area contributed by atoms with Crippen molar-refractivity contribution in [3.05, 3.63) is 63.6 Å². The summed E-state index contributed by atoms with van der Waals surface area (Å²) in [5.74, 6) is 0.307. The van der Waals surface area contributed by atoms with Crippen LogP contribution in [0.5, 0.6) is 0 Å². The fraction of sp³-hybridized carbons (Fsp3) is 0.250. The van der Waals surface area contributed by atoms with Crippen LogP contribution in [-0.4, -0.2) is 27.0 Å². The highest BCUT2D eigenvalue weighted by atomic mass is 32.2. The molecule has 5 nitrogen and oxygen atoms in total. The maximum atomic E-state index is 12.5. The van der Waals surface area contributed by atoms with E-state index in [0.29, 0.717) is 17.2 Å². The minimum absolute atomic E-state index is 0.0641. The number of aromatic nitrogens is 2. The second kappa shape index (κ2) is 8.54. The summed E-state index contributed by atoms with van der Waals surface area (Å²) in [6.07, 6.45) is 3.67. The minimum atomic E-state index is -0.0786. The Labute approximate surface area is 166 Å². The Morgan fingerprint density at radius 1 is 1.22 bits per heavy atom. The first-order valence-electron chi connectivity index (χ1n) is 8.54. The summed E-state index contributed by atoms with van der Waals surface area (Å²) in [7, 11) is 0. The lowest BCUT2D eigenvalue weighted by molar-refractivity contribution is -0.119. The first-order chi connectivity index (χ1) is 12.9. The Bertz CT molecular complexity index is 975. The first kappa shape index (κ1) is 19.4. The van der Waals surface area contributed by atoms with Crippen molar-refractivity contribution in [2.75, 3.05) is 5.75 Å². The molecule has 2 aromatic heterocycles. The van der Waals surface area contributed by atoms with Gasteiger partial charge in [-0.2, -0.15) is 0 Å². The van der Waals surface area contributed by atoms with Crippen LogP contribution in [0.3, 0.4) is 0 Å². The summed E-state index contributed by atoms with van der Waals surface area (Å²) < 4.78 is 2.02. The molecule has 0 fully saturated rings. The molecule has 1 amide bonds. The average molecular weight is 400 g/mol. The predicted octanol–water partition coefficient (Wildman–Crippen LogP) is 4.16. The quantitative estimate of drug-likeness (QED) is 0.479. The third-order valence-electron chi connectivity index (χ3n) is 4.00. The lowest BCUT2D eigenvalue weighted by Gasteiger charge is -2.11. The van der Waals surface area contributed by atoms with E-state index in [1.54, 1.807) is 6.20 Å². The van der Waals surface area contributed by atoms with Crippen molar-refractivity contribution in [2.24, 2.45) is 0 Å². The summed E-state index contributed by atoms with van der Waals surface area (Å²) >= 11 is 2.85. The van der Waals surface area contributed by atoms with Gasteiger partial charge in [-0.15, -0.1) is 11.3 Å². The number of Topliss-reactive ketones (excluding diaryl/α,β-unsaturated/α-hetero) is 1. The Morgan fingerprint density at radius 2 is 2.04 bits per heavy atom. The zero-order valence-corrected chi connectivity index (χ0v) is 17.1. The topological polar surface area (TPSA) is 64.0 Å². The summed E-state index contributed by atoms with van der Waals surface area (Å²) in [6, 6.07) is 9.99. The summed E-state index contributed by atoms with van der Waals surface area (Å²) in [4.78, 5) is 29.6. The van der Waals surface area contributed by atoms with Crippen molar-refractivity contribution in [1.29, 1.82) is 0 Å². The maximum Gasteiger partial charge on any atom is 0.217 e. The van der Waals surface area contributed by atoms with Crippen LogP contribution in [0.1, 0.15) is 32.6 Å². The number of carbonyl (C=O) groups excluding carboxylic acids is 2. The fourth-order valence-corrected chi connectivity index (χ4v) is 4.52. The van der Waals surface area contributed by atoms with E-state index in [0.717, 1.165) is 15.7 Å². The van der Waals surface area contributed by atoms with E-state index in [9.17, 15) is 9.59 Å². The molecule has 0 saturated heterocycles. The molecule has 0 saturated carbocycles. The third kappa shape index (κ3) is 4.87. The van der Waals surface area contributed by atoms with Gasteiger partial charge >= 0.3 is 0 Å². The van der Waals surface area contributed by atoms with Gasteiger partial charge < -0.3 is 5.32 Å². The van der Waals surface area contributed by atoms with Gasteiger partial charge in [0.25, 0.3) is 0 Å². The van der Waals surface area contributed by atoms with Crippen LogP contribution in [0.4, 0.5) is 0 Å². The van der Waals surface area contributed by atoms with Gasteiger partial charge in [0.1, 0.15) is 0 Å². The van der Waals surface area contributed by atoms with Gasteiger partial charge in [-0.25, -0.2) is 4.98 Å². The SMILES string of the molecule is CC(=O)NCc1ccc(C(=O)CSc2nccn2-c2ccc(C)cc2C)s1. The second-order valence-corrected chi connectivity index (χ2v) is 8.37. The van der Waals surface area contributed by atoms with Crippen molar-refractivity contribution in [1.82, 2.24) is 14.9 Å². The van der Waals surface area contributed by atoms with Crippen molar-refractivity contribution in [2.45, 2.75) is 32.5 Å². The molecule has 27 heavy (non-hydrogen) atoms. The number of amides is 1. The highest BCUT2D eigenvalue weighted by Crippen LogP contribution is 2.25. The molecule has 0 bridgehead atoms. The molecule has 0 spiro atoms. The zero-order valence-electron chi connectivity index (χ0n) is 15.5. The number of benzene rings is 1. The smallest absolute Gasteiger partial charge is 0.217 e. The number of hydrogen-bond acceptors (Lipinski definition) is 5. The number of nitrogens with zero attached hydrogens (tertiary/aromatic N) is 2. The highest BCUT2D eigenvalue weighted by molar-refractivity contribution is 7.99. The number of nitrogens with one attached hydrogen (secondary N) is 1. The Hall–Kier alpha value is -2.38. The van der Waals surface area contributed by atoms with E-state index in [-0.39, 0.29) is 11.7 Å². The molecule has 1 aromatic carbocycles. The molecule has 0 unspecified atom stereocenters. The standard InChI is InChI=1S/C20H21N3O2S2/c1-13-4-6-17(14(2)10-13)23-9-8-21-20(23)26-12-18(25)19-7-5-16(27-19)11-22-15(3)24/h4-10H,11-12H2,1-3H3,(H,22,24). The van der Waals surface area contributed by atoms with Crippen molar-refractivity contribution < 1.29 is 9.59 Å². The van der Waals surface area contributed by atoms with E-state index in [4.69, 9.17) is 0 Å². The third-order valence-corrected chi connectivity index (χ3v) is 6.09. The fourth-order valence-electron chi connectivity index (χ4n) is 2.69. The number of thiophene rings is 1. The largest absolute Gasteiger partial charge is 0.351 e. The van der Waals surface area contributed by atoms with Crippen LogP contribution in [0.15, 0.2) is 47.9 Å². The van der Waals surface area contributed by atoms with Gasteiger partial charge in [-0.1, -0.05) is 29.5 Å². The number of rotatable bonds is 7. The highest BCUT2D eigenvalue weighted by Gasteiger charge is 2.14. The molecular formula is C20H21N3O2S2. The van der Waals surface area contributed by atoms with Crippen LogP contribution in [0, 0.1) is 13.8 Å². The number of carbonyl (C=O) groups is 2. The van der Waals surface area contributed by atoms with E-state index < -0.39 is 0 Å². The van der Waals surface area contributed by atoms with E-state index >= 15 is 0 Å². The Balaban J connectivity index is 1.66. The van der Waals surface area contributed by atoms with Crippen LogP contribution in [0.2, 0.25) is 0 Å². The van der Waals surface area contributed by atoms with E-state index in [2.05, 4.69) is 42.3 Å². The number of thioether (sulfide) groups is 1. The van der Waals surface area contributed by atoms with Gasteiger partial charge in [0, 0.05) is 24.2 Å². The van der Waals surface area contributed by atoms with Gasteiger partial charge in [-0.05, 0) is 37.6 Å². The monoisotopic (exact) mass is 399 g/mol. The van der Waals surface area contributed by atoms with E-state index in [1.807, 2.05) is 22.9 Å².